The van der Waals surface area contributed by atoms with Gasteiger partial charge in [-0.25, -0.2) is 0 Å². The monoisotopic (exact) mass is 184 g/mol. The first kappa shape index (κ1) is 9.53. The molecule has 5 N–H and O–H groups in total. The van der Waals surface area contributed by atoms with Gasteiger partial charge in [-0.05, 0) is 0 Å². The fraction of sp³-hybridized carbons (Fsp3) is 0.429. The number of nitrogen functional groups attached to an aromatic ring is 1. The second-order valence-corrected chi connectivity index (χ2v) is 2.69. The van der Waals surface area contributed by atoms with Crippen LogP contribution in [0.3, 0.4) is 0 Å². The number of carbonyl (C=O) groups is 1. The maximum absolute atomic E-state index is 9.00. The number of nitrogens with zero attached hydrogens (tertiary/aromatic N) is 1. The molecule has 0 bridgehead atoms. The molecule has 6 nitrogen and oxygen atoms in total. The van der Waals surface area contributed by atoms with Crippen molar-refractivity contribution >= 4 is 11.8 Å². The number of aromatic nitrogens is 2. The summed E-state index contributed by atoms with van der Waals surface area (Å²) in [7, 11) is 0. The molecule has 0 aliphatic carbocycles. The van der Waals surface area contributed by atoms with Crippen molar-refractivity contribution in [3.63, 3.8) is 0 Å². The molecule has 2 heterocycles. The molecule has 1 aliphatic heterocycles. The smallest absolute Gasteiger partial charge is 0.300 e. The van der Waals surface area contributed by atoms with Crippen LogP contribution in [0.5, 0.6) is 0 Å². The molecular formula is C7H12N4O2. The summed E-state index contributed by atoms with van der Waals surface area (Å²) in [5, 5.41) is 17.3. The van der Waals surface area contributed by atoms with E-state index < -0.39 is 5.97 Å². The Morgan fingerprint density at radius 2 is 2.23 bits per heavy atom. The third-order valence-electron chi connectivity index (χ3n) is 1.59. The Labute approximate surface area is 75.1 Å². The van der Waals surface area contributed by atoms with E-state index in [0.29, 0.717) is 5.82 Å². The van der Waals surface area contributed by atoms with Gasteiger partial charge in [0.05, 0.1) is 5.69 Å². The fourth-order valence-electron chi connectivity index (χ4n) is 1.07. The lowest BCUT2D eigenvalue weighted by Crippen LogP contribution is -2.03. The molecule has 2 rings (SSSR count). The van der Waals surface area contributed by atoms with Gasteiger partial charge in [-0.15, -0.1) is 0 Å². The lowest BCUT2D eigenvalue weighted by molar-refractivity contribution is -0.134. The lowest BCUT2D eigenvalue weighted by Gasteiger charge is -1.86. The standard InChI is InChI=1S/C5H8N4.C2H4O2/c6-5-3-1-7-2-4(3)8-9-5;1-2(3)4/h7H,1-2H2,(H3,6,8,9);1H3,(H,3,4). The Balaban J connectivity index is 0.000000184. The van der Waals surface area contributed by atoms with Crippen LogP contribution < -0.4 is 11.1 Å². The second kappa shape index (κ2) is 3.90. The predicted octanol–water partition coefficient (Wildman–Crippen LogP) is -0.314. The average Bonchev–Trinajstić information content (AvgIpc) is 2.54. The zero-order valence-electron chi connectivity index (χ0n) is 7.29. The maximum atomic E-state index is 9.00. The number of H-pyrrole nitrogens is 1. The van der Waals surface area contributed by atoms with E-state index in [1.54, 1.807) is 0 Å². The summed E-state index contributed by atoms with van der Waals surface area (Å²) >= 11 is 0. The molecule has 0 unspecified atom stereocenters. The Hall–Kier alpha value is -1.56. The fourth-order valence-corrected chi connectivity index (χ4v) is 1.07. The summed E-state index contributed by atoms with van der Waals surface area (Å²) in [6.45, 7) is 2.82. The van der Waals surface area contributed by atoms with E-state index in [0.717, 1.165) is 31.3 Å². The van der Waals surface area contributed by atoms with E-state index in [4.69, 9.17) is 15.6 Å². The van der Waals surface area contributed by atoms with Crippen molar-refractivity contribution in [2.75, 3.05) is 5.73 Å². The average molecular weight is 184 g/mol. The molecular weight excluding hydrogens is 172 g/mol. The highest BCUT2D eigenvalue weighted by molar-refractivity contribution is 5.62. The maximum Gasteiger partial charge on any atom is 0.300 e. The molecule has 0 radical (unpaired) electrons. The second-order valence-electron chi connectivity index (χ2n) is 2.69. The molecule has 0 saturated heterocycles. The minimum atomic E-state index is -0.833. The topological polar surface area (TPSA) is 104 Å². The zero-order chi connectivity index (χ0) is 9.84. The Bertz CT molecular complexity index is 303. The van der Waals surface area contributed by atoms with Crippen molar-refractivity contribution in [1.82, 2.24) is 15.5 Å². The number of aliphatic carboxylic acids is 1. The number of hydrogen-bond donors (Lipinski definition) is 4. The van der Waals surface area contributed by atoms with Crippen molar-refractivity contribution < 1.29 is 9.90 Å². The van der Waals surface area contributed by atoms with E-state index in [9.17, 15) is 0 Å². The van der Waals surface area contributed by atoms with Crippen LogP contribution in [0.2, 0.25) is 0 Å². The van der Waals surface area contributed by atoms with E-state index in [2.05, 4.69) is 15.5 Å². The largest absolute Gasteiger partial charge is 0.481 e. The van der Waals surface area contributed by atoms with E-state index in [1.807, 2.05) is 0 Å². The first-order valence-corrected chi connectivity index (χ1v) is 3.83. The van der Waals surface area contributed by atoms with Crippen molar-refractivity contribution in [3.05, 3.63) is 11.3 Å². The first-order chi connectivity index (χ1) is 6.11. The number of hydrogen-bond acceptors (Lipinski definition) is 4. The van der Waals surface area contributed by atoms with E-state index >= 15 is 0 Å². The highest BCUT2D eigenvalue weighted by Crippen LogP contribution is 2.17. The predicted molar refractivity (Wildman–Crippen MR) is 46.9 cm³/mol. The molecule has 72 valence electrons. The SMILES string of the molecule is CC(=O)O.Nc1n[nH]c2c1CNC2. The van der Waals surface area contributed by atoms with Gasteiger partial charge in [0.25, 0.3) is 5.97 Å². The summed E-state index contributed by atoms with van der Waals surface area (Å²) in [6, 6.07) is 0. The van der Waals surface area contributed by atoms with Crippen LogP contribution in [0.4, 0.5) is 5.82 Å². The van der Waals surface area contributed by atoms with Crippen molar-refractivity contribution in [1.29, 1.82) is 0 Å². The van der Waals surface area contributed by atoms with Crippen LogP contribution in [0.1, 0.15) is 18.2 Å². The Kier molecular flexibility index (Phi) is 2.86. The molecule has 0 spiro atoms. The molecule has 0 amide bonds. The first-order valence-electron chi connectivity index (χ1n) is 3.83. The van der Waals surface area contributed by atoms with Crippen LogP contribution >= 0.6 is 0 Å². The lowest BCUT2D eigenvalue weighted by atomic mass is 10.3. The van der Waals surface area contributed by atoms with Gasteiger partial charge in [0.15, 0.2) is 0 Å². The summed E-state index contributed by atoms with van der Waals surface area (Å²) in [4.78, 5) is 9.00. The molecule has 13 heavy (non-hydrogen) atoms. The molecule has 0 saturated carbocycles. The number of rotatable bonds is 0. The highest BCUT2D eigenvalue weighted by atomic mass is 16.4. The van der Waals surface area contributed by atoms with Crippen molar-refractivity contribution in [2.24, 2.45) is 0 Å². The zero-order valence-corrected chi connectivity index (χ0v) is 7.29. The molecule has 1 aliphatic rings. The van der Waals surface area contributed by atoms with Crippen LogP contribution in [-0.4, -0.2) is 21.3 Å². The molecule has 1 aromatic rings. The third kappa shape index (κ3) is 2.45. The third-order valence-corrected chi connectivity index (χ3v) is 1.59. The molecule has 1 aromatic heterocycles. The molecule has 0 fully saturated rings. The minimum Gasteiger partial charge on any atom is -0.481 e. The number of carboxylic acids is 1. The van der Waals surface area contributed by atoms with Gasteiger partial charge in [0.2, 0.25) is 0 Å². The van der Waals surface area contributed by atoms with Crippen LogP contribution in [0, 0.1) is 0 Å². The van der Waals surface area contributed by atoms with Gasteiger partial charge in [0, 0.05) is 25.6 Å². The van der Waals surface area contributed by atoms with Gasteiger partial charge in [-0.3, -0.25) is 9.89 Å². The summed E-state index contributed by atoms with van der Waals surface area (Å²) in [5.41, 5.74) is 7.78. The van der Waals surface area contributed by atoms with Crippen LogP contribution in [0.15, 0.2) is 0 Å². The quantitative estimate of drug-likeness (QED) is 0.442. The van der Waals surface area contributed by atoms with Crippen LogP contribution in [-0.2, 0) is 17.9 Å². The van der Waals surface area contributed by atoms with E-state index in [1.165, 1.54) is 0 Å². The molecule has 0 aromatic carbocycles. The van der Waals surface area contributed by atoms with Gasteiger partial charge in [-0.1, -0.05) is 0 Å². The normalized spacial score (nSPS) is 13.0. The van der Waals surface area contributed by atoms with Crippen molar-refractivity contribution in [2.45, 2.75) is 20.0 Å². The highest BCUT2D eigenvalue weighted by Gasteiger charge is 2.14. The number of aromatic amines is 1. The van der Waals surface area contributed by atoms with Crippen molar-refractivity contribution in [3.8, 4) is 0 Å². The van der Waals surface area contributed by atoms with Gasteiger partial charge in [-0.2, -0.15) is 5.10 Å². The summed E-state index contributed by atoms with van der Waals surface area (Å²) in [6.07, 6.45) is 0. The van der Waals surface area contributed by atoms with Gasteiger partial charge in [0.1, 0.15) is 5.82 Å². The van der Waals surface area contributed by atoms with Crippen LogP contribution in [0.25, 0.3) is 0 Å². The number of fused-ring (bicyclic) bond motifs is 1. The number of carboxylic acid groups (broad SMARTS) is 1. The van der Waals surface area contributed by atoms with Gasteiger partial charge < -0.3 is 16.2 Å². The minimum absolute atomic E-state index is 0.634. The Morgan fingerprint density at radius 1 is 1.62 bits per heavy atom. The number of nitrogens with two attached hydrogens (primary N) is 1. The summed E-state index contributed by atoms with van der Waals surface area (Å²) in [5.74, 6) is -0.199. The number of anilines is 1. The van der Waals surface area contributed by atoms with Gasteiger partial charge >= 0.3 is 0 Å². The van der Waals surface area contributed by atoms with E-state index in [-0.39, 0.29) is 0 Å². The molecule has 0 atom stereocenters. The Morgan fingerprint density at radius 3 is 2.77 bits per heavy atom. The molecule has 6 heteroatoms. The number of nitrogens with one attached hydrogen (secondary N) is 2. The summed E-state index contributed by atoms with van der Waals surface area (Å²) < 4.78 is 0.